The predicted octanol–water partition coefficient (Wildman–Crippen LogP) is 6.44. The van der Waals surface area contributed by atoms with E-state index < -0.39 is 6.09 Å². The normalized spacial score (nSPS) is 13.2. The highest BCUT2D eigenvalue weighted by Crippen LogP contribution is 2.28. The number of hydrogen-bond donors (Lipinski definition) is 2. The average Bonchev–Trinajstić information content (AvgIpc) is 3.17. The SMILES string of the molecule is CCC(=O)N(C)CCN(C)C(=O)c1ccc(NCCCCCC(=O)N(C)CCN2CCC(OC(=O)Nc3ccccc3-c3ccccc3)CC2)cc1. The number of amides is 4. The van der Waals surface area contributed by atoms with Crippen molar-refractivity contribution in [3.63, 3.8) is 0 Å². The molecule has 1 heterocycles. The van der Waals surface area contributed by atoms with E-state index in [1.54, 1.807) is 23.9 Å². The van der Waals surface area contributed by atoms with E-state index in [2.05, 4.69) is 15.5 Å². The topological polar surface area (TPSA) is 115 Å². The van der Waals surface area contributed by atoms with Crippen LogP contribution in [0.1, 0.15) is 62.2 Å². The molecule has 52 heavy (non-hydrogen) atoms. The summed E-state index contributed by atoms with van der Waals surface area (Å²) in [5.41, 5.74) is 4.27. The van der Waals surface area contributed by atoms with Crippen LogP contribution in [-0.4, -0.2) is 116 Å². The molecule has 0 aromatic heterocycles. The molecule has 0 saturated carbocycles. The molecule has 11 nitrogen and oxygen atoms in total. The molecular formula is C41H56N6O5. The minimum Gasteiger partial charge on any atom is -0.446 e. The number of hydrogen-bond acceptors (Lipinski definition) is 7. The molecule has 0 unspecified atom stereocenters. The molecule has 4 rings (SSSR count). The van der Waals surface area contributed by atoms with E-state index >= 15 is 0 Å². The number of likely N-dealkylation sites (N-methyl/N-ethyl adjacent to an activating group) is 3. The number of nitrogens with one attached hydrogen (secondary N) is 2. The molecule has 4 amide bonds. The molecular weight excluding hydrogens is 656 g/mol. The maximum Gasteiger partial charge on any atom is 0.411 e. The second-order valence-electron chi connectivity index (χ2n) is 13.5. The van der Waals surface area contributed by atoms with Gasteiger partial charge in [-0.1, -0.05) is 61.9 Å². The van der Waals surface area contributed by atoms with Gasteiger partial charge in [-0.2, -0.15) is 0 Å². The van der Waals surface area contributed by atoms with Crippen LogP contribution in [-0.2, 0) is 14.3 Å². The molecule has 3 aromatic carbocycles. The Kier molecular flexibility index (Phi) is 16.0. The van der Waals surface area contributed by atoms with Crippen LogP contribution < -0.4 is 10.6 Å². The third-order valence-electron chi connectivity index (χ3n) is 9.61. The van der Waals surface area contributed by atoms with Gasteiger partial charge in [0.1, 0.15) is 6.10 Å². The van der Waals surface area contributed by atoms with E-state index in [-0.39, 0.29) is 23.8 Å². The highest BCUT2D eigenvalue weighted by molar-refractivity contribution is 5.94. The molecule has 0 bridgehead atoms. The predicted molar refractivity (Wildman–Crippen MR) is 207 cm³/mol. The Hall–Kier alpha value is -4.90. The first-order chi connectivity index (χ1) is 25.1. The molecule has 0 spiro atoms. The lowest BCUT2D eigenvalue weighted by atomic mass is 10.0. The van der Waals surface area contributed by atoms with Crippen molar-refractivity contribution in [1.82, 2.24) is 19.6 Å². The fourth-order valence-electron chi connectivity index (χ4n) is 6.17. The van der Waals surface area contributed by atoms with Gasteiger partial charge in [0, 0.05) is 96.6 Å². The van der Waals surface area contributed by atoms with Crippen molar-refractivity contribution in [2.24, 2.45) is 0 Å². The van der Waals surface area contributed by atoms with Crippen LogP contribution in [0.15, 0.2) is 78.9 Å². The summed E-state index contributed by atoms with van der Waals surface area (Å²) in [4.78, 5) is 57.4. The lowest BCUT2D eigenvalue weighted by Crippen LogP contribution is -2.42. The summed E-state index contributed by atoms with van der Waals surface area (Å²) in [6, 6.07) is 25.1. The summed E-state index contributed by atoms with van der Waals surface area (Å²) in [5.74, 6) is 0.150. The monoisotopic (exact) mass is 712 g/mol. The quantitative estimate of drug-likeness (QED) is 0.146. The smallest absolute Gasteiger partial charge is 0.411 e. The Labute approximate surface area is 309 Å². The Bertz CT molecular complexity index is 1580. The highest BCUT2D eigenvalue weighted by atomic mass is 16.6. The zero-order valence-electron chi connectivity index (χ0n) is 31.3. The molecule has 1 fully saturated rings. The number of likely N-dealkylation sites (tertiary alicyclic amines) is 1. The van der Waals surface area contributed by atoms with Gasteiger partial charge in [0.2, 0.25) is 11.8 Å². The lowest BCUT2D eigenvalue weighted by Gasteiger charge is -2.32. The molecule has 2 N–H and O–H groups in total. The molecule has 3 aromatic rings. The van der Waals surface area contributed by atoms with Crippen molar-refractivity contribution in [1.29, 1.82) is 0 Å². The second kappa shape index (κ2) is 20.8. The van der Waals surface area contributed by atoms with E-state index in [1.165, 1.54) is 0 Å². The number of benzene rings is 3. The Balaban J connectivity index is 1.04. The third kappa shape index (κ3) is 12.7. The van der Waals surface area contributed by atoms with Crippen molar-refractivity contribution in [3.05, 3.63) is 84.4 Å². The third-order valence-corrected chi connectivity index (χ3v) is 9.61. The maximum absolute atomic E-state index is 12.7. The van der Waals surface area contributed by atoms with Crippen LogP contribution in [0.3, 0.4) is 0 Å². The fraction of sp³-hybridized carbons (Fsp3) is 0.463. The van der Waals surface area contributed by atoms with Crippen LogP contribution >= 0.6 is 0 Å². The molecule has 280 valence electrons. The van der Waals surface area contributed by atoms with E-state index in [4.69, 9.17) is 4.74 Å². The summed E-state index contributed by atoms with van der Waals surface area (Å²) in [5, 5.41) is 6.33. The second-order valence-corrected chi connectivity index (χ2v) is 13.5. The summed E-state index contributed by atoms with van der Waals surface area (Å²) in [6.45, 7) is 6.71. The van der Waals surface area contributed by atoms with Gasteiger partial charge in [-0.15, -0.1) is 0 Å². The minimum atomic E-state index is -0.433. The Morgan fingerprint density at radius 1 is 0.750 bits per heavy atom. The van der Waals surface area contributed by atoms with Crippen LogP contribution in [0.4, 0.5) is 16.2 Å². The van der Waals surface area contributed by atoms with E-state index in [0.29, 0.717) is 38.0 Å². The zero-order chi connectivity index (χ0) is 37.3. The van der Waals surface area contributed by atoms with Crippen molar-refractivity contribution >= 4 is 35.2 Å². The van der Waals surface area contributed by atoms with Crippen molar-refractivity contribution in [2.75, 3.05) is 77.6 Å². The molecule has 11 heteroatoms. The molecule has 1 aliphatic rings. The number of piperidine rings is 1. The average molecular weight is 713 g/mol. The number of nitrogens with zero attached hydrogens (tertiary/aromatic N) is 4. The first-order valence-corrected chi connectivity index (χ1v) is 18.6. The van der Waals surface area contributed by atoms with Crippen LogP contribution in [0.5, 0.6) is 0 Å². The number of unbranched alkanes of at least 4 members (excludes halogenated alkanes) is 2. The van der Waals surface area contributed by atoms with Crippen molar-refractivity contribution < 1.29 is 23.9 Å². The zero-order valence-corrected chi connectivity index (χ0v) is 31.3. The van der Waals surface area contributed by atoms with Gasteiger partial charge in [-0.05, 0) is 61.6 Å². The molecule has 0 atom stereocenters. The number of ether oxygens (including phenoxy) is 1. The first kappa shape index (κ1) is 39.9. The Morgan fingerprint density at radius 2 is 1.40 bits per heavy atom. The number of rotatable bonds is 18. The first-order valence-electron chi connectivity index (χ1n) is 18.6. The van der Waals surface area contributed by atoms with E-state index in [1.807, 2.05) is 97.7 Å². The summed E-state index contributed by atoms with van der Waals surface area (Å²) in [7, 11) is 5.37. The number of carbonyl (C=O) groups is 4. The van der Waals surface area contributed by atoms with Gasteiger partial charge in [-0.3, -0.25) is 19.7 Å². The van der Waals surface area contributed by atoms with Crippen LogP contribution in [0, 0.1) is 0 Å². The van der Waals surface area contributed by atoms with Gasteiger partial charge in [0.05, 0.1) is 5.69 Å². The number of carbonyl (C=O) groups excluding carboxylic acids is 4. The van der Waals surface area contributed by atoms with Crippen molar-refractivity contribution in [3.8, 4) is 11.1 Å². The highest BCUT2D eigenvalue weighted by Gasteiger charge is 2.23. The van der Waals surface area contributed by atoms with E-state index in [0.717, 1.165) is 80.8 Å². The van der Waals surface area contributed by atoms with Gasteiger partial charge in [-0.25, -0.2) is 4.79 Å². The lowest BCUT2D eigenvalue weighted by molar-refractivity contribution is -0.130. The number of anilines is 2. The summed E-state index contributed by atoms with van der Waals surface area (Å²) in [6.07, 6.45) is 4.67. The molecule has 0 radical (unpaired) electrons. The van der Waals surface area contributed by atoms with Crippen LogP contribution in [0.2, 0.25) is 0 Å². The largest absolute Gasteiger partial charge is 0.446 e. The van der Waals surface area contributed by atoms with Crippen molar-refractivity contribution in [2.45, 2.75) is 58.0 Å². The fourth-order valence-corrected chi connectivity index (χ4v) is 6.17. The molecule has 0 aliphatic carbocycles. The molecule has 1 saturated heterocycles. The number of para-hydroxylation sites is 1. The minimum absolute atomic E-state index is 0.0630. The standard InChI is InChI=1S/C41H56N6O5/c1-5-38(48)44(2)28-29-46(4)40(50)33-19-21-34(22-20-33)42-25-13-7-10-18-39(49)45(3)30-31-47-26-23-35(24-27-47)52-41(51)43-37-17-12-11-16-36(37)32-14-8-6-9-15-32/h6,8-9,11-12,14-17,19-22,35,42H,5,7,10,13,18,23-31H2,1-4H3,(H,43,51). The van der Waals surface area contributed by atoms with Gasteiger partial charge in [0.25, 0.3) is 5.91 Å². The van der Waals surface area contributed by atoms with E-state index in [9.17, 15) is 19.2 Å². The maximum atomic E-state index is 12.7. The summed E-state index contributed by atoms with van der Waals surface area (Å²) < 4.78 is 5.77. The summed E-state index contributed by atoms with van der Waals surface area (Å²) >= 11 is 0. The van der Waals surface area contributed by atoms with Crippen LogP contribution in [0.25, 0.3) is 11.1 Å². The van der Waals surface area contributed by atoms with Gasteiger partial charge in [0.15, 0.2) is 0 Å². The Morgan fingerprint density at radius 3 is 2.12 bits per heavy atom. The van der Waals surface area contributed by atoms with Gasteiger partial charge < -0.3 is 29.7 Å². The van der Waals surface area contributed by atoms with Gasteiger partial charge >= 0.3 is 6.09 Å². The molecule has 1 aliphatic heterocycles.